The van der Waals surface area contributed by atoms with E-state index in [1.165, 1.54) is 0 Å². The number of aryl methyl sites for hydroxylation is 1. The predicted octanol–water partition coefficient (Wildman–Crippen LogP) is 3.78. The predicted molar refractivity (Wildman–Crippen MR) is 92.8 cm³/mol. The van der Waals surface area contributed by atoms with Crippen molar-refractivity contribution in [2.45, 2.75) is 33.2 Å². The lowest BCUT2D eigenvalue weighted by atomic mass is 10.1. The summed E-state index contributed by atoms with van der Waals surface area (Å²) in [6.07, 6.45) is 0.885. The summed E-state index contributed by atoms with van der Waals surface area (Å²) in [6, 6.07) is 14.4. The number of carbonyl (C=O) groups is 2. The van der Waals surface area contributed by atoms with Gasteiger partial charge in [-0.3, -0.25) is 9.59 Å². The van der Waals surface area contributed by atoms with E-state index in [4.69, 9.17) is 0 Å². The van der Waals surface area contributed by atoms with Gasteiger partial charge in [-0.25, -0.2) is 0 Å². The minimum Gasteiger partial charge on any atom is -0.350 e. The third-order valence-electron chi connectivity index (χ3n) is 3.68. The number of rotatable bonds is 5. The fourth-order valence-electron chi connectivity index (χ4n) is 2.10. The summed E-state index contributed by atoms with van der Waals surface area (Å²) in [5, 5.41) is 5.74. The lowest BCUT2D eigenvalue weighted by Gasteiger charge is -2.12. The van der Waals surface area contributed by atoms with Crippen LogP contribution >= 0.6 is 0 Å². The van der Waals surface area contributed by atoms with Crippen LogP contribution in [0.1, 0.15) is 46.5 Å². The maximum atomic E-state index is 12.2. The second-order valence-electron chi connectivity index (χ2n) is 5.68. The van der Waals surface area contributed by atoms with Gasteiger partial charge in [-0.05, 0) is 56.7 Å². The van der Waals surface area contributed by atoms with Crippen molar-refractivity contribution in [2.24, 2.45) is 0 Å². The Morgan fingerprint density at radius 2 is 1.70 bits per heavy atom. The molecular formula is C19H22N2O2. The molecule has 2 aromatic rings. The van der Waals surface area contributed by atoms with E-state index in [-0.39, 0.29) is 17.9 Å². The van der Waals surface area contributed by atoms with Crippen LogP contribution in [0.15, 0.2) is 48.5 Å². The van der Waals surface area contributed by atoms with Crippen LogP contribution in [-0.2, 0) is 0 Å². The van der Waals surface area contributed by atoms with Gasteiger partial charge >= 0.3 is 0 Å². The van der Waals surface area contributed by atoms with Crippen LogP contribution in [0.3, 0.4) is 0 Å². The molecule has 4 nitrogen and oxygen atoms in total. The third kappa shape index (κ3) is 4.68. The number of nitrogens with one attached hydrogen (secondary N) is 2. The topological polar surface area (TPSA) is 58.2 Å². The SMILES string of the molecule is CC[C@H](C)NC(=O)c1ccc(NC(=O)c2cccc(C)c2)cc1. The Balaban J connectivity index is 2.02. The van der Waals surface area contributed by atoms with E-state index in [0.29, 0.717) is 16.8 Å². The zero-order valence-corrected chi connectivity index (χ0v) is 13.7. The van der Waals surface area contributed by atoms with Crippen molar-refractivity contribution in [1.29, 1.82) is 0 Å². The Morgan fingerprint density at radius 3 is 2.30 bits per heavy atom. The summed E-state index contributed by atoms with van der Waals surface area (Å²) in [4.78, 5) is 24.2. The highest BCUT2D eigenvalue weighted by Gasteiger charge is 2.09. The van der Waals surface area contributed by atoms with Gasteiger partial charge in [-0.2, -0.15) is 0 Å². The van der Waals surface area contributed by atoms with Crippen molar-refractivity contribution in [1.82, 2.24) is 5.32 Å². The minimum atomic E-state index is -0.162. The van der Waals surface area contributed by atoms with Crippen molar-refractivity contribution in [2.75, 3.05) is 5.32 Å². The molecule has 0 aromatic heterocycles. The molecule has 2 amide bonds. The molecule has 0 saturated heterocycles. The molecule has 0 fully saturated rings. The molecular weight excluding hydrogens is 288 g/mol. The molecule has 0 heterocycles. The first-order valence-corrected chi connectivity index (χ1v) is 7.78. The van der Waals surface area contributed by atoms with E-state index >= 15 is 0 Å². The number of amides is 2. The van der Waals surface area contributed by atoms with Crippen molar-refractivity contribution in [3.05, 3.63) is 65.2 Å². The number of hydrogen-bond acceptors (Lipinski definition) is 2. The van der Waals surface area contributed by atoms with Gasteiger partial charge in [0.25, 0.3) is 11.8 Å². The maximum Gasteiger partial charge on any atom is 0.255 e. The molecule has 0 aliphatic carbocycles. The van der Waals surface area contributed by atoms with E-state index < -0.39 is 0 Å². The normalized spacial score (nSPS) is 11.6. The Labute approximate surface area is 136 Å². The fourth-order valence-corrected chi connectivity index (χ4v) is 2.10. The summed E-state index contributed by atoms with van der Waals surface area (Å²) in [7, 11) is 0. The molecule has 0 aliphatic heterocycles. The number of hydrogen-bond donors (Lipinski definition) is 2. The highest BCUT2D eigenvalue weighted by atomic mass is 16.2. The van der Waals surface area contributed by atoms with E-state index in [2.05, 4.69) is 10.6 Å². The van der Waals surface area contributed by atoms with Crippen LogP contribution in [0.25, 0.3) is 0 Å². The number of anilines is 1. The molecule has 23 heavy (non-hydrogen) atoms. The first-order chi connectivity index (χ1) is 11.0. The molecule has 4 heteroatoms. The molecule has 1 atom stereocenters. The number of carbonyl (C=O) groups excluding carboxylic acids is 2. The second-order valence-corrected chi connectivity index (χ2v) is 5.68. The van der Waals surface area contributed by atoms with E-state index in [1.807, 2.05) is 39.0 Å². The van der Waals surface area contributed by atoms with Crippen molar-refractivity contribution in [3.8, 4) is 0 Å². The first kappa shape index (κ1) is 16.7. The summed E-state index contributed by atoms with van der Waals surface area (Å²) in [5.41, 5.74) is 2.90. The smallest absolute Gasteiger partial charge is 0.255 e. The maximum absolute atomic E-state index is 12.2. The van der Waals surface area contributed by atoms with Gasteiger partial charge in [0.05, 0.1) is 0 Å². The van der Waals surface area contributed by atoms with Crippen LogP contribution in [0, 0.1) is 6.92 Å². The van der Waals surface area contributed by atoms with Gasteiger partial charge in [0.15, 0.2) is 0 Å². The van der Waals surface area contributed by atoms with Crippen LogP contribution < -0.4 is 10.6 Å². The molecule has 0 radical (unpaired) electrons. The summed E-state index contributed by atoms with van der Waals surface area (Å²) in [5.74, 6) is -0.263. The Bertz CT molecular complexity index is 693. The molecule has 120 valence electrons. The quantitative estimate of drug-likeness (QED) is 0.883. The Hall–Kier alpha value is -2.62. The lowest BCUT2D eigenvalue weighted by molar-refractivity contribution is 0.0938. The zero-order chi connectivity index (χ0) is 16.8. The molecule has 0 bridgehead atoms. The van der Waals surface area contributed by atoms with E-state index in [1.54, 1.807) is 30.3 Å². The Morgan fingerprint density at radius 1 is 1.00 bits per heavy atom. The van der Waals surface area contributed by atoms with Gasteiger partial charge in [-0.15, -0.1) is 0 Å². The monoisotopic (exact) mass is 310 g/mol. The summed E-state index contributed by atoms with van der Waals surface area (Å²) in [6.45, 7) is 5.94. The van der Waals surface area contributed by atoms with Crippen molar-refractivity contribution < 1.29 is 9.59 Å². The largest absolute Gasteiger partial charge is 0.350 e. The van der Waals surface area contributed by atoms with Crippen molar-refractivity contribution >= 4 is 17.5 Å². The number of benzene rings is 2. The summed E-state index contributed by atoms with van der Waals surface area (Å²) >= 11 is 0. The first-order valence-electron chi connectivity index (χ1n) is 7.78. The lowest BCUT2D eigenvalue weighted by Crippen LogP contribution is -2.31. The van der Waals surface area contributed by atoms with Gasteiger partial charge in [0.2, 0.25) is 0 Å². The average Bonchev–Trinajstić information content (AvgIpc) is 2.55. The zero-order valence-electron chi connectivity index (χ0n) is 13.7. The molecule has 0 spiro atoms. The third-order valence-corrected chi connectivity index (χ3v) is 3.68. The standard InChI is InChI=1S/C19H22N2O2/c1-4-14(3)20-18(22)15-8-10-17(11-9-15)21-19(23)16-7-5-6-13(2)12-16/h5-12,14H,4H2,1-3H3,(H,20,22)(H,21,23)/t14-/m0/s1. The van der Waals surface area contributed by atoms with Crippen LogP contribution in [0.2, 0.25) is 0 Å². The van der Waals surface area contributed by atoms with Crippen LogP contribution in [-0.4, -0.2) is 17.9 Å². The van der Waals surface area contributed by atoms with E-state index in [9.17, 15) is 9.59 Å². The molecule has 2 N–H and O–H groups in total. The molecule has 0 saturated carbocycles. The van der Waals surface area contributed by atoms with Crippen LogP contribution in [0.4, 0.5) is 5.69 Å². The molecule has 0 unspecified atom stereocenters. The van der Waals surface area contributed by atoms with Crippen LogP contribution in [0.5, 0.6) is 0 Å². The second kappa shape index (κ2) is 7.58. The molecule has 2 rings (SSSR count). The van der Waals surface area contributed by atoms with Gasteiger partial charge in [0.1, 0.15) is 0 Å². The highest BCUT2D eigenvalue weighted by molar-refractivity contribution is 6.04. The molecule has 0 aliphatic rings. The Kier molecular flexibility index (Phi) is 5.52. The van der Waals surface area contributed by atoms with Gasteiger partial charge in [0, 0.05) is 22.9 Å². The minimum absolute atomic E-state index is 0.101. The summed E-state index contributed by atoms with van der Waals surface area (Å²) < 4.78 is 0. The average molecular weight is 310 g/mol. The fraction of sp³-hybridized carbons (Fsp3) is 0.263. The van der Waals surface area contributed by atoms with Gasteiger partial charge in [-0.1, -0.05) is 24.6 Å². The molecule has 2 aromatic carbocycles. The van der Waals surface area contributed by atoms with E-state index in [0.717, 1.165) is 12.0 Å². The highest BCUT2D eigenvalue weighted by Crippen LogP contribution is 2.12. The van der Waals surface area contributed by atoms with Gasteiger partial charge < -0.3 is 10.6 Å². The van der Waals surface area contributed by atoms with Crippen molar-refractivity contribution in [3.63, 3.8) is 0 Å².